The Morgan fingerprint density at radius 3 is 2.84 bits per heavy atom. The molecule has 2 aliphatic rings. The summed E-state index contributed by atoms with van der Waals surface area (Å²) in [6, 6.07) is 2.64. The molecule has 5 rings (SSSR count). The zero-order valence-electron chi connectivity index (χ0n) is 22.0. The normalized spacial score (nSPS) is 18.5. The third kappa shape index (κ3) is 6.38. The van der Waals surface area contributed by atoms with Crippen molar-refractivity contribution in [1.29, 1.82) is 0 Å². The number of hydrogen-bond donors (Lipinski definition) is 3. The number of carbonyl (C=O) groups excluding carboxylic acids is 2. The van der Waals surface area contributed by atoms with Crippen molar-refractivity contribution in [3.63, 3.8) is 0 Å². The van der Waals surface area contributed by atoms with Crippen LogP contribution in [0.1, 0.15) is 11.4 Å². The predicted octanol–water partition coefficient (Wildman–Crippen LogP) is 1.63. The van der Waals surface area contributed by atoms with E-state index in [-0.39, 0.29) is 33.9 Å². The molecule has 2 atom stereocenters. The molecule has 0 radical (unpaired) electrons. The van der Waals surface area contributed by atoms with Crippen molar-refractivity contribution < 1.29 is 37.5 Å². The lowest BCUT2D eigenvalue weighted by Gasteiger charge is -2.49. The maximum atomic E-state index is 13.3. The summed E-state index contributed by atoms with van der Waals surface area (Å²) in [5.74, 6) is -3.24. The number of nitrogen functional groups attached to an aromatic ring is 1. The fourth-order valence-electron chi connectivity index (χ4n) is 4.04. The first kappa shape index (κ1) is 30.9. The second-order valence-corrected chi connectivity index (χ2v) is 11.7. The van der Waals surface area contributed by atoms with Gasteiger partial charge < -0.3 is 21.0 Å². The number of hydrogen-bond acceptors (Lipinski definition) is 14. The summed E-state index contributed by atoms with van der Waals surface area (Å²) in [7, 11) is 0. The number of fused-ring (bicyclic) bond motifs is 1. The molecule has 0 saturated carbocycles. The molecule has 0 aliphatic carbocycles. The van der Waals surface area contributed by atoms with Gasteiger partial charge in [0, 0.05) is 23.0 Å². The molecule has 0 bridgehead atoms. The number of thioether (sulfide) groups is 2. The van der Waals surface area contributed by atoms with E-state index in [9.17, 15) is 32.7 Å². The van der Waals surface area contributed by atoms with Gasteiger partial charge in [0.05, 0.1) is 12.1 Å². The number of aromatic nitrogens is 6. The molecule has 2 unspecified atom stereocenters. The standard InChI is InChI=1S/C23H19F3N10O5S3/c1-2-6-35-22(30-33-34-35)43-9-10-8-42-19-14(18(38)36(19)15(10)20(39)40)28-17(37)13(16-29-21(27)44-32-16)31-41-12-5-3-4-11(7-12)23(24,25)26/h2-5,7,14,19H,1,6,8-9H2,(H,28,37)(H,39,40)(H2,27,29,32)/b31-13+. The highest BCUT2D eigenvalue weighted by Crippen LogP contribution is 2.41. The van der Waals surface area contributed by atoms with Crippen molar-refractivity contribution in [2.45, 2.75) is 29.3 Å². The number of tetrazole rings is 1. The Bertz CT molecular complexity index is 1690. The monoisotopic (exact) mass is 668 g/mol. The highest BCUT2D eigenvalue weighted by molar-refractivity contribution is 8.01. The first-order valence-corrected chi connectivity index (χ1v) is 15.0. The zero-order valence-corrected chi connectivity index (χ0v) is 24.4. The van der Waals surface area contributed by atoms with E-state index in [1.54, 1.807) is 6.08 Å². The van der Waals surface area contributed by atoms with E-state index in [1.807, 2.05) is 0 Å². The summed E-state index contributed by atoms with van der Waals surface area (Å²) in [6.07, 6.45) is -3.05. The van der Waals surface area contributed by atoms with Crippen LogP contribution < -0.4 is 15.9 Å². The number of allylic oxidation sites excluding steroid dienone is 1. The third-order valence-electron chi connectivity index (χ3n) is 5.99. The van der Waals surface area contributed by atoms with Crippen molar-refractivity contribution in [3.8, 4) is 5.75 Å². The summed E-state index contributed by atoms with van der Waals surface area (Å²) in [6.45, 7) is 3.98. The minimum atomic E-state index is -4.65. The van der Waals surface area contributed by atoms with Crippen molar-refractivity contribution in [2.24, 2.45) is 5.16 Å². The number of oxime groups is 1. The molecular formula is C23H19F3N10O5S3. The van der Waals surface area contributed by atoms with E-state index >= 15 is 0 Å². The number of nitrogens with two attached hydrogens (primary N) is 1. The number of β-lactam (4-membered cyclic amide) rings is 1. The molecule has 4 N–H and O–H groups in total. The number of benzene rings is 1. The number of anilines is 1. The minimum absolute atomic E-state index is 0.0338. The van der Waals surface area contributed by atoms with Gasteiger partial charge in [-0.3, -0.25) is 14.5 Å². The Kier molecular flexibility index (Phi) is 8.87. The van der Waals surface area contributed by atoms with Gasteiger partial charge in [-0.25, -0.2) is 9.48 Å². The van der Waals surface area contributed by atoms with E-state index in [2.05, 4.69) is 41.9 Å². The van der Waals surface area contributed by atoms with Crippen LogP contribution in [0, 0.1) is 0 Å². The van der Waals surface area contributed by atoms with Crippen LogP contribution in [-0.4, -0.2) is 86.0 Å². The molecule has 3 aromatic rings. The van der Waals surface area contributed by atoms with Crippen molar-refractivity contribution in [1.82, 2.24) is 39.8 Å². The van der Waals surface area contributed by atoms with E-state index in [4.69, 9.17) is 10.6 Å². The van der Waals surface area contributed by atoms with Crippen molar-refractivity contribution >= 4 is 63.7 Å². The highest BCUT2D eigenvalue weighted by atomic mass is 32.2. The second-order valence-electron chi connectivity index (χ2n) is 8.85. The lowest BCUT2D eigenvalue weighted by atomic mass is 10.0. The number of carboxylic acid groups (broad SMARTS) is 1. The molecule has 2 aliphatic heterocycles. The van der Waals surface area contributed by atoms with E-state index in [0.717, 1.165) is 28.6 Å². The number of rotatable bonds is 11. The number of nitrogens with one attached hydrogen (secondary N) is 1. The fourth-order valence-corrected chi connectivity index (χ4v) is 6.84. The molecule has 21 heteroatoms. The topological polar surface area (TPSA) is 204 Å². The number of carbonyl (C=O) groups is 3. The first-order valence-electron chi connectivity index (χ1n) is 12.2. The van der Waals surface area contributed by atoms with Crippen molar-refractivity contribution in [3.05, 3.63) is 59.6 Å². The molecule has 44 heavy (non-hydrogen) atoms. The van der Waals surface area contributed by atoms with Crippen molar-refractivity contribution in [2.75, 3.05) is 17.2 Å². The quantitative estimate of drug-likeness (QED) is 0.0875. The van der Waals surface area contributed by atoms with Crippen LogP contribution in [0.4, 0.5) is 18.3 Å². The van der Waals surface area contributed by atoms with E-state index < -0.39 is 46.7 Å². The molecule has 1 saturated heterocycles. The van der Waals surface area contributed by atoms with E-state index in [1.165, 1.54) is 34.3 Å². The van der Waals surface area contributed by atoms with E-state index in [0.29, 0.717) is 23.3 Å². The Hall–Kier alpha value is -4.50. The Morgan fingerprint density at radius 1 is 1.36 bits per heavy atom. The molecule has 4 heterocycles. The van der Waals surface area contributed by atoms with Gasteiger partial charge in [0.1, 0.15) is 17.1 Å². The van der Waals surface area contributed by atoms with Gasteiger partial charge in [0.25, 0.3) is 11.8 Å². The van der Waals surface area contributed by atoms with Crippen LogP contribution in [0.3, 0.4) is 0 Å². The maximum Gasteiger partial charge on any atom is 0.416 e. The average molecular weight is 669 g/mol. The molecule has 1 aromatic carbocycles. The number of alkyl halides is 3. The van der Waals surface area contributed by atoms with Gasteiger partial charge in [0.2, 0.25) is 16.7 Å². The molecule has 230 valence electrons. The number of halogens is 3. The molecule has 2 amide bonds. The largest absolute Gasteiger partial charge is 0.477 e. The third-order valence-corrected chi connectivity index (χ3v) is 8.91. The zero-order chi connectivity index (χ0) is 31.6. The van der Waals surface area contributed by atoms with Crippen LogP contribution in [0.25, 0.3) is 0 Å². The van der Waals surface area contributed by atoms with Crippen LogP contribution in [0.2, 0.25) is 0 Å². The van der Waals surface area contributed by atoms with Crippen LogP contribution >= 0.6 is 35.1 Å². The van der Waals surface area contributed by atoms with Gasteiger partial charge in [0.15, 0.2) is 10.9 Å². The van der Waals surface area contributed by atoms with Crippen LogP contribution in [0.15, 0.2) is 58.5 Å². The second kappa shape index (κ2) is 12.6. The molecule has 2 aromatic heterocycles. The number of amides is 2. The number of nitrogens with zero attached hydrogens (tertiary/aromatic N) is 8. The summed E-state index contributed by atoms with van der Waals surface area (Å²) < 4.78 is 44.7. The van der Waals surface area contributed by atoms with Gasteiger partial charge in [-0.15, -0.1) is 23.4 Å². The first-order chi connectivity index (χ1) is 21.0. The summed E-state index contributed by atoms with van der Waals surface area (Å²) in [4.78, 5) is 48.7. The smallest absolute Gasteiger partial charge is 0.416 e. The Morgan fingerprint density at radius 2 is 2.16 bits per heavy atom. The average Bonchev–Trinajstić information content (AvgIpc) is 3.62. The highest BCUT2D eigenvalue weighted by Gasteiger charge is 2.54. The Balaban J connectivity index is 1.33. The lowest BCUT2D eigenvalue weighted by molar-refractivity contribution is -0.150. The van der Waals surface area contributed by atoms with Gasteiger partial charge in [-0.1, -0.05) is 29.1 Å². The summed E-state index contributed by atoms with van der Waals surface area (Å²) in [5.41, 5.74) is 4.30. The van der Waals surface area contributed by atoms with Gasteiger partial charge in [-0.2, -0.15) is 22.5 Å². The van der Waals surface area contributed by atoms with Crippen LogP contribution in [0.5, 0.6) is 5.75 Å². The number of carboxylic acids is 1. The minimum Gasteiger partial charge on any atom is -0.477 e. The molecule has 1 fully saturated rings. The maximum absolute atomic E-state index is 13.3. The molecular weight excluding hydrogens is 650 g/mol. The van der Waals surface area contributed by atoms with Crippen LogP contribution in [-0.2, 0) is 27.1 Å². The fraction of sp³-hybridized carbons (Fsp3) is 0.261. The molecule has 15 nitrogen and oxygen atoms in total. The summed E-state index contributed by atoms with van der Waals surface area (Å²) in [5, 5.41) is 27.1. The van der Waals surface area contributed by atoms with Gasteiger partial charge in [-0.05, 0) is 34.2 Å². The van der Waals surface area contributed by atoms with Gasteiger partial charge >= 0.3 is 12.1 Å². The predicted molar refractivity (Wildman–Crippen MR) is 151 cm³/mol. The molecule has 0 spiro atoms. The Labute approximate surface area is 257 Å². The SMILES string of the molecule is C=CCn1nnnc1SCC1=C(C(=O)O)N2C(=O)C(NC(=O)/C(=N/Oc3cccc(C(F)(F)F)c3)c3nsc(N)n3)C2SC1. The lowest BCUT2D eigenvalue weighted by Crippen LogP contribution is -2.71. The number of aliphatic carboxylic acids is 1. The summed E-state index contributed by atoms with van der Waals surface area (Å²) >= 11 is 3.15.